The van der Waals surface area contributed by atoms with Crippen molar-refractivity contribution in [3.8, 4) is 0 Å². The van der Waals surface area contributed by atoms with Gasteiger partial charge in [-0.2, -0.15) is 0 Å². The van der Waals surface area contributed by atoms with E-state index in [1.165, 1.54) is 6.92 Å². The minimum absolute atomic E-state index is 0.0492. The van der Waals surface area contributed by atoms with Crippen molar-refractivity contribution in [3.05, 3.63) is 0 Å². The van der Waals surface area contributed by atoms with E-state index in [4.69, 9.17) is 9.16 Å². The van der Waals surface area contributed by atoms with E-state index >= 15 is 0 Å². The van der Waals surface area contributed by atoms with Gasteiger partial charge in [-0.1, -0.05) is 0 Å². The molecule has 0 aliphatic rings. The summed E-state index contributed by atoms with van der Waals surface area (Å²) in [6, 6.07) is 0. The summed E-state index contributed by atoms with van der Waals surface area (Å²) in [5, 5.41) is 0. The number of esters is 1. The highest BCUT2D eigenvalue weighted by atomic mass is 28.2. The molecule has 0 heterocycles. The van der Waals surface area contributed by atoms with Gasteiger partial charge in [0.1, 0.15) is 10.5 Å². The summed E-state index contributed by atoms with van der Waals surface area (Å²) in [6.45, 7) is 6.03. The van der Waals surface area contributed by atoms with Crippen LogP contribution in [0.3, 0.4) is 0 Å². The minimum Gasteiger partial charge on any atom is -0.466 e. The Bertz CT molecular complexity index is 145. The quantitative estimate of drug-likeness (QED) is 0.358. The Balaban J connectivity index is 3.37. The third kappa shape index (κ3) is 6.36. The van der Waals surface area contributed by atoms with Crippen LogP contribution in [0.25, 0.3) is 0 Å². The van der Waals surface area contributed by atoms with Gasteiger partial charge in [-0.25, -0.2) is 0 Å². The molecule has 0 aromatic carbocycles. The number of hydrogen-bond acceptors (Lipinski definition) is 3. The second-order valence-corrected chi connectivity index (χ2v) is 3.82. The van der Waals surface area contributed by atoms with Gasteiger partial charge < -0.3 is 9.16 Å². The highest BCUT2D eigenvalue weighted by Crippen LogP contribution is 2.14. The van der Waals surface area contributed by atoms with Crippen molar-refractivity contribution in [1.29, 1.82) is 0 Å². The monoisotopic (exact) mass is 190 g/mol. The lowest BCUT2D eigenvalue weighted by Crippen LogP contribution is -2.23. The van der Waals surface area contributed by atoms with Gasteiger partial charge in [0.05, 0.1) is 6.61 Å². The first-order valence-corrected chi connectivity index (χ1v) is 4.98. The molecule has 3 nitrogen and oxygen atoms in total. The molecule has 0 unspecified atom stereocenters. The Hall–Kier alpha value is -0.353. The predicted octanol–water partition coefficient (Wildman–Crippen LogP) is 0.405. The minimum atomic E-state index is -0.209. The third-order valence-corrected chi connectivity index (χ3v) is 2.89. The van der Waals surface area contributed by atoms with Crippen LogP contribution in [0.5, 0.6) is 0 Å². The van der Waals surface area contributed by atoms with Gasteiger partial charge in [0.25, 0.3) is 0 Å². The summed E-state index contributed by atoms with van der Waals surface area (Å²) >= 11 is 0. The molecule has 0 radical (unpaired) electrons. The molecule has 0 N–H and O–H groups in total. The first-order chi connectivity index (χ1) is 5.48. The molecule has 0 saturated carbocycles. The average Bonchev–Trinajstić information content (AvgIpc) is 1.98. The summed E-state index contributed by atoms with van der Waals surface area (Å²) in [4.78, 5) is 10.4. The van der Waals surface area contributed by atoms with Crippen LogP contribution in [-0.2, 0) is 14.0 Å². The Labute approximate surface area is 77.0 Å². The highest BCUT2D eigenvalue weighted by Gasteiger charge is 2.14. The molecule has 0 aromatic heterocycles. The Kier molecular flexibility index (Phi) is 5.16. The molecule has 0 atom stereocenters. The molecule has 0 bridgehead atoms. The SMILES string of the molecule is CC(=O)OCCCC(C)(C)O[SiH3]. The summed E-state index contributed by atoms with van der Waals surface area (Å²) in [6.07, 6.45) is 1.80. The van der Waals surface area contributed by atoms with Crippen LogP contribution in [0.15, 0.2) is 0 Å². The van der Waals surface area contributed by atoms with E-state index in [1.54, 1.807) is 0 Å². The lowest BCUT2D eigenvalue weighted by Gasteiger charge is -2.23. The van der Waals surface area contributed by atoms with Crippen LogP contribution < -0.4 is 0 Å². The summed E-state index contributed by atoms with van der Waals surface area (Å²) in [5.74, 6) is -0.209. The number of hydrogen-bond donors (Lipinski definition) is 0. The standard InChI is InChI=1S/C8H18O3Si/c1-7(9)10-6-4-5-8(2,3)11-12/h4-6H2,1-3,12H3. The van der Waals surface area contributed by atoms with Crippen molar-refractivity contribution in [2.45, 2.75) is 39.2 Å². The van der Waals surface area contributed by atoms with E-state index in [2.05, 4.69) is 0 Å². The van der Waals surface area contributed by atoms with Crippen molar-refractivity contribution in [2.24, 2.45) is 0 Å². The predicted molar refractivity (Wildman–Crippen MR) is 51.0 cm³/mol. The topological polar surface area (TPSA) is 35.5 Å². The van der Waals surface area contributed by atoms with E-state index in [0.717, 1.165) is 23.3 Å². The first kappa shape index (κ1) is 11.6. The molecular formula is C8H18O3Si. The number of carbonyl (C=O) groups excluding carboxylic acids is 1. The maximum atomic E-state index is 10.4. The van der Waals surface area contributed by atoms with Gasteiger partial charge in [0.2, 0.25) is 0 Å². The van der Waals surface area contributed by atoms with Crippen molar-refractivity contribution >= 4 is 16.5 Å². The maximum Gasteiger partial charge on any atom is 0.302 e. The van der Waals surface area contributed by atoms with E-state index in [9.17, 15) is 4.79 Å². The molecule has 0 rings (SSSR count). The second kappa shape index (κ2) is 5.32. The number of ether oxygens (including phenoxy) is 1. The molecule has 0 amide bonds. The smallest absolute Gasteiger partial charge is 0.302 e. The van der Waals surface area contributed by atoms with Crippen LogP contribution in [0.1, 0.15) is 33.6 Å². The summed E-state index contributed by atoms with van der Waals surface area (Å²) < 4.78 is 10.1. The van der Waals surface area contributed by atoms with Gasteiger partial charge in [0, 0.05) is 12.5 Å². The molecular weight excluding hydrogens is 172 g/mol. The molecule has 0 saturated heterocycles. The van der Waals surface area contributed by atoms with Gasteiger partial charge >= 0.3 is 5.97 Å². The zero-order valence-corrected chi connectivity index (χ0v) is 10.3. The Morgan fingerprint density at radius 2 is 2.08 bits per heavy atom. The number of carbonyl (C=O) groups is 1. The average molecular weight is 190 g/mol. The van der Waals surface area contributed by atoms with Crippen molar-refractivity contribution in [2.75, 3.05) is 6.61 Å². The summed E-state index contributed by atoms with van der Waals surface area (Å²) in [7, 11) is 0.755. The van der Waals surface area contributed by atoms with E-state index in [-0.39, 0.29) is 11.6 Å². The third-order valence-electron chi connectivity index (χ3n) is 1.78. The van der Waals surface area contributed by atoms with Crippen LogP contribution >= 0.6 is 0 Å². The molecule has 0 aliphatic carbocycles. The van der Waals surface area contributed by atoms with Crippen molar-refractivity contribution in [3.63, 3.8) is 0 Å². The molecule has 12 heavy (non-hydrogen) atoms. The molecule has 0 fully saturated rings. The van der Waals surface area contributed by atoms with Crippen LogP contribution in [0, 0.1) is 0 Å². The molecule has 0 aliphatic heterocycles. The van der Waals surface area contributed by atoms with Gasteiger partial charge in [-0.15, -0.1) is 0 Å². The molecule has 0 spiro atoms. The van der Waals surface area contributed by atoms with Gasteiger partial charge in [-0.05, 0) is 26.7 Å². The van der Waals surface area contributed by atoms with E-state index < -0.39 is 0 Å². The van der Waals surface area contributed by atoms with Crippen LogP contribution in [0.4, 0.5) is 0 Å². The van der Waals surface area contributed by atoms with E-state index in [1.807, 2.05) is 13.8 Å². The fraction of sp³-hybridized carbons (Fsp3) is 0.875. The number of rotatable bonds is 5. The highest BCUT2D eigenvalue weighted by molar-refractivity contribution is 5.98. The van der Waals surface area contributed by atoms with E-state index in [0.29, 0.717) is 6.61 Å². The first-order valence-electron chi connectivity index (χ1n) is 4.16. The van der Waals surface area contributed by atoms with Gasteiger partial charge in [-0.3, -0.25) is 4.79 Å². The van der Waals surface area contributed by atoms with Crippen LogP contribution in [-0.4, -0.2) is 28.7 Å². The largest absolute Gasteiger partial charge is 0.466 e. The fourth-order valence-corrected chi connectivity index (χ4v) is 1.02. The summed E-state index contributed by atoms with van der Waals surface area (Å²) in [5.41, 5.74) is -0.0492. The zero-order valence-electron chi connectivity index (χ0n) is 8.35. The van der Waals surface area contributed by atoms with Gasteiger partial charge in [0.15, 0.2) is 0 Å². The fourth-order valence-electron chi connectivity index (χ4n) is 0.816. The lowest BCUT2D eigenvalue weighted by molar-refractivity contribution is -0.141. The Morgan fingerprint density at radius 3 is 2.50 bits per heavy atom. The zero-order chi connectivity index (χ0) is 9.61. The van der Waals surface area contributed by atoms with Crippen molar-refractivity contribution in [1.82, 2.24) is 0 Å². The van der Waals surface area contributed by atoms with Crippen LogP contribution in [0.2, 0.25) is 0 Å². The normalized spacial score (nSPS) is 11.6. The lowest BCUT2D eigenvalue weighted by atomic mass is 10.0. The maximum absolute atomic E-state index is 10.4. The molecule has 72 valence electrons. The Morgan fingerprint density at radius 1 is 1.50 bits per heavy atom. The molecule has 4 heteroatoms. The second-order valence-electron chi connectivity index (χ2n) is 3.41. The molecule has 0 aromatic rings. The van der Waals surface area contributed by atoms with Crippen molar-refractivity contribution < 1.29 is 14.0 Å².